The smallest absolute Gasteiger partial charge is 1.00 e. The van der Waals surface area contributed by atoms with Crippen LogP contribution in [0.15, 0.2) is 64.1 Å². The minimum atomic E-state index is -1.10. The van der Waals surface area contributed by atoms with E-state index in [0.29, 0.717) is 3.63 Å². The van der Waals surface area contributed by atoms with Crippen LogP contribution in [0, 0.1) is 6.92 Å². The van der Waals surface area contributed by atoms with Crippen molar-refractivity contribution in [2.75, 3.05) is 0 Å². The van der Waals surface area contributed by atoms with E-state index in [1.165, 1.54) is 44.7 Å². The number of fused-ring (bicyclic) bond motifs is 1. The van der Waals surface area contributed by atoms with Crippen molar-refractivity contribution in [3.05, 3.63) is 93.5 Å². The Hall–Kier alpha value is -1.12. The molecule has 0 saturated carbocycles. The van der Waals surface area contributed by atoms with Gasteiger partial charge in [-0.1, -0.05) is 18.7 Å². The average molecular weight is 614 g/mol. The zero-order chi connectivity index (χ0) is 24.6. The van der Waals surface area contributed by atoms with Gasteiger partial charge in [0.15, 0.2) is 0 Å². The Morgan fingerprint density at radius 1 is 0.889 bits per heavy atom. The summed E-state index contributed by atoms with van der Waals surface area (Å²) in [6, 6.07) is 18.1. The van der Waals surface area contributed by atoms with E-state index < -0.39 is 8.07 Å². The molecule has 0 N–H and O–H groups in total. The standard InChI is InChI=1S/C20H21.C11H14OSi.2ClH.Zr/c1-14-12-16-6-5-7-18(19(16)13-14)15-8-10-17(11-9-15)20(2,3)4;1-6-5-8-9(12-6)11-7(2)10(8)13(11,3)4;;;/h5-13H,1-4H3;5,10H,1-4H3;2*1H;/q;;;;+2/p-2. The number of aryl methyl sites for hydroxylation is 1. The molecule has 7 rings (SSSR count). The van der Waals surface area contributed by atoms with Crippen molar-refractivity contribution < 1.29 is 54.0 Å². The molecule has 5 heteroatoms. The molecular formula is C31H35Cl2OSiZr. The molecule has 187 valence electrons. The molecule has 3 heterocycles. The van der Waals surface area contributed by atoms with Crippen LogP contribution in [0.1, 0.15) is 77.6 Å². The molecule has 0 fully saturated rings. The Labute approximate surface area is 245 Å². The molecule has 1 nitrogen and oxygen atoms in total. The topological polar surface area (TPSA) is 13.1 Å². The van der Waals surface area contributed by atoms with Crippen molar-refractivity contribution in [1.82, 2.24) is 0 Å². The van der Waals surface area contributed by atoms with Crippen LogP contribution in [0.3, 0.4) is 0 Å². The van der Waals surface area contributed by atoms with Gasteiger partial charge < -0.3 is 29.2 Å². The molecule has 2 unspecified atom stereocenters. The maximum Gasteiger partial charge on any atom is -1.00 e. The van der Waals surface area contributed by atoms with E-state index in [2.05, 4.69) is 102 Å². The molecular weight excluding hydrogens is 579 g/mol. The second-order valence-corrected chi connectivity index (χ2v) is 17.8. The van der Waals surface area contributed by atoms with E-state index in [1.54, 1.807) is 35.5 Å². The molecule has 0 radical (unpaired) electrons. The number of furan rings is 1. The van der Waals surface area contributed by atoms with Gasteiger partial charge in [0.2, 0.25) is 0 Å². The molecule has 0 spiro atoms. The van der Waals surface area contributed by atoms with E-state index in [4.69, 9.17) is 4.42 Å². The van der Waals surface area contributed by atoms with Crippen LogP contribution in [-0.2, 0) is 30.1 Å². The summed E-state index contributed by atoms with van der Waals surface area (Å²) in [6.07, 6.45) is 2.38. The fraction of sp³-hybridized carbons (Fsp3) is 0.355. The summed E-state index contributed by atoms with van der Waals surface area (Å²) in [6.45, 7) is 18.3. The van der Waals surface area contributed by atoms with E-state index in [-0.39, 0.29) is 30.2 Å². The molecule has 1 aromatic heterocycles. The molecule has 2 bridgehead atoms. The van der Waals surface area contributed by atoms with Gasteiger partial charge in [-0.2, -0.15) is 0 Å². The molecule has 0 amide bonds. The first-order valence-electron chi connectivity index (χ1n) is 12.4. The van der Waals surface area contributed by atoms with Gasteiger partial charge in [-0.25, -0.2) is 0 Å². The Morgan fingerprint density at radius 3 is 2.08 bits per heavy atom. The minimum absolute atomic E-state index is 0. The van der Waals surface area contributed by atoms with E-state index in [1.807, 2.05) is 6.92 Å². The van der Waals surface area contributed by atoms with Gasteiger partial charge in [-0.15, -0.1) is 0 Å². The number of allylic oxidation sites excluding steroid dienone is 2. The van der Waals surface area contributed by atoms with Crippen molar-refractivity contribution >= 4 is 19.3 Å². The summed E-state index contributed by atoms with van der Waals surface area (Å²) in [4.78, 5) is 0. The summed E-state index contributed by atoms with van der Waals surface area (Å²) >= 11 is 1.58. The fourth-order valence-corrected chi connectivity index (χ4v) is 11.3. The molecule has 0 saturated heterocycles. The SMILES string of the molecule is CC1=C2c3oc(C)cc3C1[Si]2(C)C.CC1=Cc2c(-c3ccc(C(C)(C)C)cc3)cccc2[CH]1[Zr+2].[Cl-].[Cl-]. The summed E-state index contributed by atoms with van der Waals surface area (Å²) in [5.41, 5.74) is 12.6. The first-order valence-corrected chi connectivity index (χ1v) is 16.9. The summed E-state index contributed by atoms with van der Waals surface area (Å²) < 4.78 is 6.40. The Morgan fingerprint density at radius 2 is 1.53 bits per heavy atom. The molecule has 2 aromatic carbocycles. The first kappa shape index (κ1) is 29.4. The Bertz CT molecular complexity index is 1360. The van der Waals surface area contributed by atoms with Crippen LogP contribution in [-0.4, -0.2) is 8.07 Å². The van der Waals surface area contributed by atoms with Crippen LogP contribution in [0.2, 0.25) is 13.1 Å². The quantitative estimate of drug-likeness (QED) is 0.385. The molecule has 2 aliphatic carbocycles. The number of rotatable bonds is 1. The summed E-state index contributed by atoms with van der Waals surface area (Å²) in [5.74, 6) is 2.31. The maximum absolute atomic E-state index is 5.76. The van der Waals surface area contributed by atoms with Crippen LogP contribution in [0.5, 0.6) is 0 Å². The van der Waals surface area contributed by atoms with Crippen LogP contribution < -0.4 is 24.8 Å². The monoisotopic (exact) mass is 611 g/mol. The van der Waals surface area contributed by atoms with E-state index >= 15 is 0 Å². The molecule has 36 heavy (non-hydrogen) atoms. The fourth-order valence-electron chi connectivity index (χ4n) is 6.25. The molecule has 2 atom stereocenters. The number of hydrogen-bond acceptors (Lipinski definition) is 1. The third kappa shape index (κ3) is 4.64. The maximum atomic E-state index is 5.76. The van der Waals surface area contributed by atoms with Gasteiger partial charge in [0.05, 0.1) is 8.07 Å². The van der Waals surface area contributed by atoms with Crippen molar-refractivity contribution in [2.24, 2.45) is 0 Å². The Kier molecular flexibility index (Phi) is 8.35. The van der Waals surface area contributed by atoms with Crippen LogP contribution in [0.25, 0.3) is 22.4 Å². The zero-order valence-corrected chi connectivity index (χ0v) is 27.5. The predicted molar refractivity (Wildman–Crippen MR) is 143 cm³/mol. The van der Waals surface area contributed by atoms with Crippen LogP contribution in [0.4, 0.5) is 0 Å². The second-order valence-electron chi connectivity index (χ2n) is 11.8. The van der Waals surface area contributed by atoms with Crippen molar-refractivity contribution in [1.29, 1.82) is 0 Å². The number of hydrogen-bond donors (Lipinski definition) is 0. The second kappa shape index (κ2) is 10.2. The van der Waals surface area contributed by atoms with Gasteiger partial charge in [-0.3, -0.25) is 0 Å². The van der Waals surface area contributed by atoms with Crippen molar-refractivity contribution in [3.63, 3.8) is 0 Å². The zero-order valence-electron chi connectivity index (χ0n) is 22.5. The first-order chi connectivity index (χ1) is 15.9. The van der Waals surface area contributed by atoms with Gasteiger partial charge in [0, 0.05) is 11.1 Å². The van der Waals surface area contributed by atoms with Crippen molar-refractivity contribution in [3.8, 4) is 11.1 Å². The van der Waals surface area contributed by atoms with E-state index in [9.17, 15) is 0 Å². The van der Waals surface area contributed by atoms with Crippen LogP contribution >= 0.6 is 0 Å². The number of benzene rings is 2. The van der Waals surface area contributed by atoms with Gasteiger partial charge in [0.1, 0.15) is 11.5 Å². The normalized spacial score (nSPS) is 20.2. The third-order valence-corrected chi connectivity index (χ3v) is 13.9. The molecule has 2 aliphatic heterocycles. The molecule has 4 aliphatic rings. The third-order valence-electron chi connectivity index (χ3n) is 7.96. The summed E-state index contributed by atoms with van der Waals surface area (Å²) in [7, 11) is -1.10. The van der Waals surface area contributed by atoms with Gasteiger partial charge in [0.25, 0.3) is 0 Å². The summed E-state index contributed by atoms with van der Waals surface area (Å²) in [5, 5.41) is 1.60. The molecule has 3 aromatic rings. The largest absolute Gasteiger partial charge is 1.00 e. The van der Waals surface area contributed by atoms with E-state index in [0.717, 1.165) is 11.3 Å². The van der Waals surface area contributed by atoms with Crippen molar-refractivity contribution in [2.45, 2.75) is 69.2 Å². The minimum Gasteiger partial charge on any atom is -1.00 e. The Balaban J connectivity index is 0.000000208. The average Bonchev–Trinajstić information content (AvgIpc) is 3.41. The van der Waals surface area contributed by atoms with Gasteiger partial charge >= 0.3 is 143 Å². The number of halogens is 2. The van der Waals surface area contributed by atoms with Gasteiger partial charge in [-0.05, 0) is 25.1 Å². The predicted octanol–water partition coefficient (Wildman–Crippen LogP) is 2.92.